The van der Waals surface area contributed by atoms with E-state index in [9.17, 15) is 14.0 Å². The Bertz CT molecular complexity index is 536. The fraction of sp³-hybridized carbons (Fsp3) is 0.429. The van der Waals surface area contributed by atoms with Crippen molar-refractivity contribution in [3.8, 4) is 0 Å². The number of halogens is 1. The number of hydrogen-bond donors (Lipinski definition) is 1. The maximum absolute atomic E-state index is 13.3. The number of nitrogens with zero attached hydrogens (tertiary/aromatic N) is 1. The number of amides is 2. The maximum atomic E-state index is 13.3. The fourth-order valence-electron chi connectivity index (χ4n) is 2.45. The van der Waals surface area contributed by atoms with Crippen molar-refractivity contribution in [2.24, 2.45) is 5.73 Å². The monoisotopic (exact) mass is 296 g/mol. The molecule has 4 nitrogen and oxygen atoms in total. The van der Waals surface area contributed by atoms with Crippen LogP contribution >= 0.6 is 11.8 Å². The van der Waals surface area contributed by atoms with Gasteiger partial charge in [-0.15, -0.1) is 11.8 Å². The summed E-state index contributed by atoms with van der Waals surface area (Å²) >= 11 is 1.21. The number of fused-ring (bicyclic) bond motifs is 1. The molecule has 2 N–H and O–H groups in total. The van der Waals surface area contributed by atoms with Crippen LogP contribution in [0.3, 0.4) is 0 Å². The minimum absolute atomic E-state index is 0.0429. The van der Waals surface area contributed by atoms with Crippen LogP contribution in [-0.2, 0) is 16.0 Å². The average Bonchev–Trinajstić information content (AvgIpc) is 2.39. The molecule has 0 aliphatic carbocycles. The molecule has 0 saturated heterocycles. The highest BCUT2D eigenvalue weighted by atomic mass is 32.2. The zero-order valence-corrected chi connectivity index (χ0v) is 12.1. The zero-order chi connectivity index (χ0) is 14.7. The van der Waals surface area contributed by atoms with Crippen molar-refractivity contribution in [2.75, 3.05) is 18.1 Å². The van der Waals surface area contributed by atoms with Crippen molar-refractivity contribution < 1.29 is 14.0 Å². The summed E-state index contributed by atoms with van der Waals surface area (Å²) in [5.74, 6) is -0.398. The lowest BCUT2D eigenvalue weighted by molar-refractivity contribution is -0.130. The van der Waals surface area contributed by atoms with Crippen LogP contribution in [0.4, 0.5) is 4.39 Å². The number of hydrogen-bond acceptors (Lipinski definition) is 3. The van der Waals surface area contributed by atoms with Crippen LogP contribution in [0.15, 0.2) is 18.2 Å². The molecule has 1 aromatic carbocycles. The van der Waals surface area contributed by atoms with E-state index in [-0.39, 0.29) is 29.3 Å². The van der Waals surface area contributed by atoms with Gasteiger partial charge in [0.2, 0.25) is 11.8 Å². The molecule has 0 radical (unpaired) electrons. The van der Waals surface area contributed by atoms with Crippen LogP contribution in [0.25, 0.3) is 0 Å². The van der Waals surface area contributed by atoms with Gasteiger partial charge in [0.15, 0.2) is 0 Å². The molecular formula is C14H17FN2O2S. The van der Waals surface area contributed by atoms with Gasteiger partial charge in [-0.25, -0.2) is 4.39 Å². The summed E-state index contributed by atoms with van der Waals surface area (Å²) in [5, 5.41) is 0. The molecule has 0 aromatic heterocycles. The summed E-state index contributed by atoms with van der Waals surface area (Å²) < 4.78 is 13.3. The number of rotatable bonds is 4. The molecule has 0 saturated carbocycles. The van der Waals surface area contributed by atoms with Gasteiger partial charge in [0.1, 0.15) is 5.82 Å². The number of benzene rings is 1. The predicted octanol–water partition coefficient (Wildman–Crippen LogP) is 1.49. The second kappa shape index (κ2) is 6.26. The summed E-state index contributed by atoms with van der Waals surface area (Å²) in [4.78, 5) is 24.5. The van der Waals surface area contributed by atoms with Gasteiger partial charge in [0, 0.05) is 6.54 Å². The Morgan fingerprint density at radius 1 is 1.45 bits per heavy atom. The van der Waals surface area contributed by atoms with Crippen molar-refractivity contribution in [3.63, 3.8) is 0 Å². The number of nitrogens with two attached hydrogens (primary N) is 1. The molecule has 1 heterocycles. The second-order valence-electron chi connectivity index (χ2n) is 4.82. The number of thioether (sulfide) groups is 1. The van der Waals surface area contributed by atoms with Crippen LogP contribution in [0.2, 0.25) is 0 Å². The summed E-state index contributed by atoms with van der Waals surface area (Å²) in [6, 6.07) is 4.59. The molecule has 20 heavy (non-hydrogen) atoms. The molecule has 0 bridgehead atoms. The third kappa shape index (κ3) is 3.30. The number of carbonyl (C=O) groups excluding carboxylic acids is 2. The number of carbonyl (C=O) groups is 2. The summed E-state index contributed by atoms with van der Waals surface area (Å²) in [6.45, 7) is 2.52. The maximum Gasteiger partial charge on any atom is 0.233 e. The lowest BCUT2D eigenvalue weighted by Crippen LogP contribution is -2.40. The quantitative estimate of drug-likeness (QED) is 0.915. The van der Waals surface area contributed by atoms with Gasteiger partial charge in [0.25, 0.3) is 0 Å². The third-order valence-corrected chi connectivity index (χ3v) is 4.38. The standard InChI is InChI=1S/C14H17FN2O2S/c1-9-12-6-11(15)3-2-10(12)4-5-17(9)14(19)8-20-7-13(16)18/h2-3,6,9H,4-5,7-8H2,1H3,(H2,16,18)/t9-/m0/s1. The van der Waals surface area contributed by atoms with E-state index in [2.05, 4.69) is 0 Å². The minimum atomic E-state index is -0.429. The Labute approximate surface area is 121 Å². The van der Waals surface area contributed by atoms with Gasteiger partial charge in [-0.05, 0) is 36.6 Å². The Hall–Kier alpha value is -1.56. The van der Waals surface area contributed by atoms with E-state index in [1.54, 1.807) is 11.0 Å². The molecule has 1 aliphatic heterocycles. The second-order valence-corrected chi connectivity index (χ2v) is 5.80. The van der Waals surface area contributed by atoms with Crippen molar-refractivity contribution in [3.05, 3.63) is 35.1 Å². The van der Waals surface area contributed by atoms with Gasteiger partial charge in [0.05, 0.1) is 17.5 Å². The summed E-state index contributed by atoms with van der Waals surface area (Å²) in [5.41, 5.74) is 6.99. The van der Waals surface area contributed by atoms with Gasteiger partial charge in [-0.1, -0.05) is 6.07 Å². The van der Waals surface area contributed by atoms with Crippen LogP contribution in [0, 0.1) is 5.82 Å². The van der Waals surface area contributed by atoms with Crippen molar-refractivity contribution in [1.29, 1.82) is 0 Å². The first-order chi connectivity index (χ1) is 9.49. The molecule has 1 aromatic rings. The smallest absolute Gasteiger partial charge is 0.233 e. The molecule has 1 aliphatic rings. The van der Waals surface area contributed by atoms with Crippen LogP contribution < -0.4 is 5.73 Å². The molecular weight excluding hydrogens is 279 g/mol. The first kappa shape index (κ1) is 14.8. The molecule has 6 heteroatoms. The Kier molecular flexibility index (Phi) is 4.65. The topological polar surface area (TPSA) is 63.4 Å². The highest BCUT2D eigenvalue weighted by molar-refractivity contribution is 8.00. The van der Waals surface area contributed by atoms with E-state index in [1.807, 2.05) is 6.92 Å². The average molecular weight is 296 g/mol. The van der Waals surface area contributed by atoms with Crippen LogP contribution in [-0.4, -0.2) is 34.8 Å². The lowest BCUT2D eigenvalue weighted by Gasteiger charge is -2.35. The summed E-state index contributed by atoms with van der Waals surface area (Å²) in [7, 11) is 0. The molecule has 2 amide bonds. The van der Waals surface area contributed by atoms with Crippen molar-refractivity contribution in [1.82, 2.24) is 4.90 Å². The Balaban J connectivity index is 2.04. The van der Waals surface area contributed by atoms with E-state index < -0.39 is 5.91 Å². The SMILES string of the molecule is C[C@H]1c2cc(F)ccc2CCN1C(=O)CSCC(N)=O. The normalized spacial score (nSPS) is 17.7. The van der Waals surface area contributed by atoms with Gasteiger partial charge in [-0.3, -0.25) is 9.59 Å². The first-order valence-corrected chi connectivity index (χ1v) is 7.58. The van der Waals surface area contributed by atoms with Gasteiger partial charge in [-0.2, -0.15) is 0 Å². The van der Waals surface area contributed by atoms with Crippen LogP contribution in [0.5, 0.6) is 0 Å². The molecule has 1 atom stereocenters. The molecule has 0 spiro atoms. The largest absolute Gasteiger partial charge is 0.369 e. The molecule has 0 fully saturated rings. The predicted molar refractivity (Wildman–Crippen MR) is 76.8 cm³/mol. The zero-order valence-electron chi connectivity index (χ0n) is 11.3. The van der Waals surface area contributed by atoms with E-state index in [0.717, 1.165) is 17.5 Å². The van der Waals surface area contributed by atoms with E-state index >= 15 is 0 Å². The highest BCUT2D eigenvalue weighted by Gasteiger charge is 2.27. The van der Waals surface area contributed by atoms with Crippen molar-refractivity contribution >= 4 is 23.6 Å². The number of primary amides is 1. The third-order valence-electron chi connectivity index (χ3n) is 3.44. The van der Waals surface area contributed by atoms with E-state index in [0.29, 0.717) is 6.54 Å². The van der Waals surface area contributed by atoms with E-state index in [1.165, 1.54) is 23.9 Å². The fourth-order valence-corrected chi connectivity index (χ4v) is 3.09. The lowest BCUT2D eigenvalue weighted by atomic mass is 9.93. The Morgan fingerprint density at radius 3 is 2.90 bits per heavy atom. The molecule has 2 rings (SSSR count). The molecule has 0 unspecified atom stereocenters. The van der Waals surface area contributed by atoms with Gasteiger partial charge >= 0.3 is 0 Å². The van der Waals surface area contributed by atoms with Crippen molar-refractivity contribution in [2.45, 2.75) is 19.4 Å². The summed E-state index contributed by atoms with van der Waals surface area (Å²) in [6.07, 6.45) is 0.728. The Morgan fingerprint density at radius 2 is 2.20 bits per heavy atom. The van der Waals surface area contributed by atoms with Crippen LogP contribution in [0.1, 0.15) is 24.1 Å². The first-order valence-electron chi connectivity index (χ1n) is 6.43. The van der Waals surface area contributed by atoms with E-state index in [4.69, 9.17) is 5.73 Å². The van der Waals surface area contributed by atoms with Gasteiger partial charge < -0.3 is 10.6 Å². The highest BCUT2D eigenvalue weighted by Crippen LogP contribution is 2.30. The minimum Gasteiger partial charge on any atom is -0.369 e. The molecule has 108 valence electrons.